The summed E-state index contributed by atoms with van der Waals surface area (Å²) in [6, 6.07) is 18.5. The molecule has 0 bridgehead atoms. The number of ether oxygens (including phenoxy) is 1. The smallest absolute Gasteiger partial charge is 0.262 e. The maximum Gasteiger partial charge on any atom is 0.262 e. The van der Waals surface area contributed by atoms with Gasteiger partial charge in [-0.2, -0.15) is 10.4 Å². The summed E-state index contributed by atoms with van der Waals surface area (Å²) >= 11 is 0. The van der Waals surface area contributed by atoms with Crippen molar-refractivity contribution in [1.29, 1.82) is 5.26 Å². The Balaban J connectivity index is 1.66. The number of aromatic nitrogens is 2. The van der Waals surface area contributed by atoms with Crippen molar-refractivity contribution in [2.75, 3.05) is 18.1 Å². The fourth-order valence-electron chi connectivity index (χ4n) is 3.88. The van der Waals surface area contributed by atoms with Crippen molar-refractivity contribution in [3.05, 3.63) is 71.9 Å². The standard InChI is InChI=1S/C27H28N4O4S/c1-19(2)17-35-25-10-8-20(9-11-25)26-22(16-31(30-26)24-6-4-3-5-7-24)14-21(15-28)27(32)29-23-12-13-36(33,34)18-23/h3-11,14,16,19,23H,12-13,17-18H2,1-2H3,(H,29,32)/b21-14-. The number of nitrogens with zero attached hydrogens (tertiary/aromatic N) is 3. The number of hydrogen-bond donors (Lipinski definition) is 1. The first kappa shape index (κ1) is 25.2. The molecular weight excluding hydrogens is 476 g/mol. The van der Waals surface area contributed by atoms with Gasteiger partial charge >= 0.3 is 0 Å². The number of nitrogens with one attached hydrogen (secondary N) is 1. The summed E-state index contributed by atoms with van der Waals surface area (Å²) in [6.45, 7) is 4.77. The highest BCUT2D eigenvalue weighted by Gasteiger charge is 2.29. The van der Waals surface area contributed by atoms with Gasteiger partial charge in [-0.15, -0.1) is 0 Å². The number of nitriles is 1. The number of rotatable bonds is 8. The van der Waals surface area contributed by atoms with Crippen LogP contribution in [0.4, 0.5) is 0 Å². The summed E-state index contributed by atoms with van der Waals surface area (Å²) in [6.07, 6.45) is 3.59. The second kappa shape index (κ2) is 10.8. The third-order valence-electron chi connectivity index (χ3n) is 5.71. The molecule has 1 aliphatic heterocycles. The summed E-state index contributed by atoms with van der Waals surface area (Å²) in [7, 11) is -3.16. The van der Waals surface area contributed by atoms with Crippen molar-refractivity contribution in [3.63, 3.8) is 0 Å². The molecule has 0 saturated carbocycles. The normalized spacial score (nSPS) is 17.1. The van der Waals surface area contributed by atoms with E-state index in [0.717, 1.165) is 17.0 Å². The zero-order chi connectivity index (χ0) is 25.7. The molecule has 3 aromatic rings. The summed E-state index contributed by atoms with van der Waals surface area (Å²) in [5.41, 5.74) is 2.69. The molecule has 1 aromatic heterocycles. The van der Waals surface area contributed by atoms with Crippen LogP contribution in [-0.2, 0) is 14.6 Å². The van der Waals surface area contributed by atoms with Crippen LogP contribution in [-0.4, -0.2) is 48.3 Å². The lowest BCUT2D eigenvalue weighted by Gasteiger charge is -2.10. The van der Waals surface area contributed by atoms with Crippen LogP contribution in [0.1, 0.15) is 25.8 Å². The molecule has 1 unspecified atom stereocenters. The molecule has 36 heavy (non-hydrogen) atoms. The van der Waals surface area contributed by atoms with Gasteiger partial charge in [0, 0.05) is 23.4 Å². The van der Waals surface area contributed by atoms with Gasteiger partial charge in [0.1, 0.15) is 17.4 Å². The van der Waals surface area contributed by atoms with Gasteiger partial charge in [0.05, 0.1) is 29.5 Å². The molecule has 1 saturated heterocycles. The van der Waals surface area contributed by atoms with E-state index in [4.69, 9.17) is 9.84 Å². The Morgan fingerprint density at radius 2 is 1.94 bits per heavy atom. The van der Waals surface area contributed by atoms with Crippen LogP contribution in [0.3, 0.4) is 0 Å². The van der Waals surface area contributed by atoms with E-state index in [0.29, 0.717) is 30.2 Å². The van der Waals surface area contributed by atoms with Crippen LogP contribution >= 0.6 is 0 Å². The van der Waals surface area contributed by atoms with E-state index in [1.807, 2.05) is 60.7 Å². The monoisotopic (exact) mass is 504 g/mol. The van der Waals surface area contributed by atoms with E-state index < -0.39 is 21.8 Å². The molecule has 0 radical (unpaired) electrons. The van der Waals surface area contributed by atoms with Gasteiger partial charge in [-0.25, -0.2) is 13.1 Å². The molecule has 1 fully saturated rings. The maximum absolute atomic E-state index is 12.8. The highest BCUT2D eigenvalue weighted by Crippen LogP contribution is 2.28. The van der Waals surface area contributed by atoms with E-state index in [2.05, 4.69) is 19.2 Å². The topological polar surface area (TPSA) is 114 Å². The minimum atomic E-state index is -3.16. The van der Waals surface area contributed by atoms with Gasteiger partial charge in [-0.1, -0.05) is 32.0 Å². The summed E-state index contributed by atoms with van der Waals surface area (Å²) in [5.74, 6) is 0.475. The maximum atomic E-state index is 12.8. The number of carbonyl (C=O) groups excluding carboxylic acids is 1. The Kier molecular flexibility index (Phi) is 7.55. The molecule has 1 amide bonds. The molecule has 0 spiro atoms. The molecule has 0 aliphatic carbocycles. The van der Waals surface area contributed by atoms with Gasteiger partial charge < -0.3 is 10.1 Å². The molecule has 1 N–H and O–H groups in total. The zero-order valence-corrected chi connectivity index (χ0v) is 21.0. The molecule has 1 atom stereocenters. The van der Waals surface area contributed by atoms with E-state index in [1.54, 1.807) is 10.9 Å². The number of sulfone groups is 1. The number of carbonyl (C=O) groups is 1. The average molecular weight is 505 g/mol. The minimum absolute atomic E-state index is 0.0361. The zero-order valence-electron chi connectivity index (χ0n) is 20.2. The first-order valence-corrected chi connectivity index (χ1v) is 13.6. The van der Waals surface area contributed by atoms with E-state index in [1.165, 1.54) is 6.08 Å². The number of amides is 1. The first-order chi connectivity index (χ1) is 17.2. The Morgan fingerprint density at radius 3 is 2.56 bits per heavy atom. The Hall–Kier alpha value is -3.90. The highest BCUT2D eigenvalue weighted by molar-refractivity contribution is 7.91. The van der Waals surface area contributed by atoms with Crippen molar-refractivity contribution >= 4 is 21.8 Å². The van der Waals surface area contributed by atoms with Gasteiger partial charge in [-0.3, -0.25) is 4.79 Å². The first-order valence-electron chi connectivity index (χ1n) is 11.8. The van der Waals surface area contributed by atoms with Gasteiger partial charge in [0.25, 0.3) is 5.91 Å². The fourth-order valence-corrected chi connectivity index (χ4v) is 5.55. The molecule has 186 valence electrons. The summed E-state index contributed by atoms with van der Waals surface area (Å²) < 4.78 is 31.0. The van der Waals surface area contributed by atoms with Crippen LogP contribution in [0.5, 0.6) is 5.75 Å². The third-order valence-corrected chi connectivity index (χ3v) is 7.47. The van der Waals surface area contributed by atoms with Crippen molar-refractivity contribution < 1.29 is 17.9 Å². The molecule has 2 heterocycles. The van der Waals surface area contributed by atoms with Crippen LogP contribution in [0.2, 0.25) is 0 Å². The Labute approximate surface area is 211 Å². The van der Waals surface area contributed by atoms with Crippen LogP contribution in [0, 0.1) is 17.2 Å². The lowest BCUT2D eigenvalue weighted by atomic mass is 10.1. The predicted octanol–water partition coefficient (Wildman–Crippen LogP) is 3.78. The van der Waals surface area contributed by atoms with Crippen LogP contribution in [0.25, 0.3) is 23.0 Å². The van der Waals surface area contributed by atoms with E-state index in [-0.39, 0.29) is 17.1 Å². The third kappa shape index (κ3) is 6.20. The average Bonchev–Trinajstić information content (AvgIpc) is 3.44. The molecule has 1 aliphatic rings. The molecule has 9 heteroatoms. The lowest BCUT2D eigenvalue weighted by Crippen LogP contribution is -2.36. The Morgan fingerprint density at radius 1 is 1.22 bits per heavy atom. The predicted molar refractivity (Wildman–Crippen MR) is 138 cm³/mol. The van der Waals surface area contributed by atoms with Crippen molar-refractivity contribution in [2.24, 2.45) is 5.92 Å². The molecule has 2 aromatic carbocycles. The number of hydrogen-bond acceptors (Lipinski definition) is 6. The van der Waals surface area contributed by atoms with Crippen LogP contribution in [0.15, 0.2) is 66.4 Å². The second-order valence-corrected chi connectivity index (χ2v) is 11.4. The largest absolute Gasteiger partial charge is 0.493 e. The highest BCUT2D eigenvalue weighted by atomic mass is 32.2. The van der Waals surface area contributed by atoms with Gasteiger partial charge in [-0.05, 0) is 54.8 Å². The summed E-state index contributed by atoms with van der Waals surface area (Å²) in [5, 5.41) is 17.1. The van der Waals surface area contributed by atoms with Crippen molar-refractivity contribution in [1.82, 2.24) is 15.1 Å². The van der Waals surface area contributed by atoms with Crippen molar-refractivity contribution in [3.8, 4) is 28.8 Å². The second-order valence-electron chi connectivity index (χ2n) is 9.19. The fraction of sp³-hybridized carbons (Fsp3) is 0.296. The number of benzene rings is 2. The summed E-state index contributed by atoms with van der Waals surface area (Å²) in [4.78, 5) is 12.8. The molecule has 4 rings (SSSR count). The Bertz CT molecular complexity index is 1400. The van der Waals surface area contributed by atoms with Gasteiger partial charge in [0.15, 0.2) is 9.84 Å². The molecular formula is C27H28N4O4S. The van der Waals surface area contributed by atoms with E-state index >= 15 is 0 Å². The van der Waals surface area contributed by atoms with Crippen molar-refractivity contribution in [2.45, 2.75) is 26.3 Å². The lowest BCUT2D eigenvalue weighted by molar-refractivity contribution is -0.117. The van der Waals surface area contributed by atoms with Gasteiger partial charge in [0.2, 0.25) is 0 Å². The molecule has 8 nitrogen and oxygen atoms in total. The van der Waals surface area contributed by atoms with E-state index in [9.17, 15) is 18.5 Å². The quantitative estimate of drug-likeness (QED) is 0.369. The minimum Gasteiger partial charge on any atom is -0.493 e. The number of para-hydroxylation sites is 1. The van der Waals surface area contributed by atoms with Crippen LogP contribution < -0.4 is 10.1 Å². The SMILES string of the molecule is CC(C)COc1ccc(-c2nn(-c3ccccc3)cc2/C=C(/C#N)C(=O)NC2CCS(=O)(=O)C2)cc1.